The third kappa shape index (κ3) is 6.52. The third-order valence-corrected chi connectivity index (χ3v) is 4.98. The minimum absolute atomic E-state index is 0. The highest BCUT2D eigenvalue weighted by Crippen LogP contribution is 2.28. The number of unbranched alkanes of at least 4 members (excludes halogenated alkanes) is 1. The van der Waals surface area contributed by atoms with Crippen LogP contribution in [0.1, 0.15) is 33.1 Å². The Bertz CT molecular complexity index is 671. The van der Waals surface area contributed by atoms with Crippen molar-refractivity contribution in [3.8, 4) is 0 Å². The predicted molar refractivity (Wildman–Crippen MR) is 95.7 cm³/mol. The van der Waals surface area contributed by atoms with Crippen molar-refractivity contribution in [3.63, 3.8) is 0 Å². The smallest absolute Gasteiger partial charge is 0.243 e. The first-order chi connectivity index (χ1) is 10.7. The Morgan fingerprint density at radius 2 is 2.04 bits per heavy atom. The number of carbonyl (C=O) groups is 1. The van der Waals surface area contributed by atoms with Crippen LogP contribution in [-0.4, -0.2) is 26.9 Å². The number of sulfonamides is 1. The number of amides is 1. The summed E-state index contributed by atoms with van der Waals surface area (Å²) in [5, 5.41) is 2.26. The lowest BCUT2D eigenvalue weighted by atomic mass is 10.1. The molecule has 0 heterocycles. The number of nitrogens with one attached hydrogen (secondary N) is 2. The molecule has 24 heavy (non-hydrogen) atoms. The summed E-state index contributed by atoms with van der Waals surface area (Å²) in [6.07, 6.45) is 2.25. The minimum atomic E-state index is -4.10. The summed E-state index contributed by atoms with van der Waals surface area (Å²) in [6, 6.07) is 1.37. The van der Waals surface area contributed by atoms with Crippen LogP contribution in [0, 0.1) is 5.82 Å². The van der Waals surface area contributed by atoms with Gasteiger partial charge in [-0.25, -0.2) is 17.5 Å². The van der Waals surface area contributed by atoms with Crippen molar-refractivity contribution >= 4 is 45.6 Å². The SMILES string of the molecule is CCCCC(CN)NS(=O)(=O)c1cc(Cl)c(NC(C)=O)cc1F.Cl. The molecule has 4 N–H and O–H groups in total. The van der Waals surface area contributed by atoms with E-state index in [2.05, 4.69) is 10.0 Å². The van der Waals surface area contributed by atoms with Gasteiger partial charge in [-0.05, 0) is 12.5 Å². The molecule has 1 rings (SSSR count). The van der Waals surface area contributed by atoms with Gasteiger partial charge in [-0.15, -0.1) is 12.4 Å². The number of carbonyl (C=O) groups excluding carboxylic acids is 1. The van der Waals surface area contributed by atoms with E-state index in [1.165, 1.54) is 6.92 Å². The number of hydrogen-bond donors (Lipinski definition) is 3. The van der Waals surface area contributed by atoms with Crippen LogP contribution in [0.25, 0.3) is 0 Å². The zero-order valence-corrected chi connectivity index (χ0v) is 15.8. The summed E-state index contributed by atoms with van der Waals surface area (Å²) in [7, 11) is -4.10. The van der Waals surface area contributed by atoms with Gasteiger partial charge in [0.1, 0.15) is 10.7 Å². The normalized spacial score (nSPS) is 12.4. The molecule has 10 heteroatoms. The van der Waals surface area contributed by atoms with Crippen LogP contribution in [-0.2, 0) is 14.8 Å². The number of benzene rings is 1. The molecule has 0 aliphatic rings. The van der Waals surface area contributed by atoms with Gasteiger partial charge in [-0.3, -0.25) is 4.79 Å². The van der Waals surface area contributed by atoms with E-state index in [-0.39, 0.29) is 29.7 Å². The standard InChI is InChI=1S/C14H21ClFN3O3S.ClH/c1-3-4-5-10(8-17)19-23(21,22)14-6-11(15)13(7-12(14)16)18-9(2)20;/h6-7,10,19H,3-5,8,17H2,1-2H3,(H,18,20);1H. The molecule has 0 fully saturated rings. The van der Waals surface area contributed by atoms with Crippen molar-refractivity contribution in [3.05, 3.63) is 23.0 Å². The van der Waals surface area contributed by atoms with Crippen molar-refractivity contribution in [2.75, 3.05) is 11.9 Å². The monoisotopic (exact) mass is 401 g/mol. The van der Waals surface area contributed by atoms with E-state index in [4.69, 9.17) is 17.3 Å². The van der Waals surface area contributed by atoms with Crippen molar-refractivity contribution in [1.29, 1.82) is 0 Å². The van der Waals surface area contributed by atoms with Gasteiger partial charge in [0.15, 0.2) is 0 Å². The molecule has 0 bridgehead atoms. The fraction of sp³-hybridized carbons (Fsp3) is 0.500. The van der Waals surface area contributed by atoms with Gasteiger partial charge in [0.2, 0.25) is 15.9 Å². The van der Waals surface area contributed by atoms with Gasteiger partial charge in [-0.2, -0.15) is 0 Å². The second-order valence-electron chi connectivity index (χ2n) is 5.14. The summed E-state index contributed by atoms with van der Waals surface area (Å²) in [4.78, 5) is 10.4. The maximum atomic E-state index is 14.1. The van der Waals surface area contributed by atoms with E-state index < -0.39 is 32.7 Å². The number of hydrogen-bond acceptors (Lipinski definition) is 4. The fourth-order valence-electron chi connectivity index (χ4n) is 1.98. The molecular weight excluding hydrogens is 380 g/mol. The number of anilines is 1. The summed E-state index contributed by atoms with van der Waals surface area (Å²) in [6.45, 7) is 3.32. The van der Waals surface area contributed by atoms with Gasteiger partial charge in [-0.1, -0.05) is 31.4 Å². The molecule has 138 valence electrons. The molecule has 0 aromatic heterocycles. The van der Waals surface area contributed by atoms with Gasteiger partial charge in [0.25, 0.3) is 0 Å². The van der Waals surface area contributed by atoms with E-state index >= 15 is 0 Å². The zero-order chi connectivity index (χ0) is 17.6. The quantitative estimate of drug-likeness (QED) is 0.622. The molecule has 1 unspecified atom stereocenters. The lowest BCUT2D eigenvalue weighted by Crippen LogP contribution is -2.40. The van der Waals surface area contributed by atoms with Crippen molar-refractivity contribution in [1.82, 2.24) is 4.72 Å². The van der Waals surface area contributed by atoms with Gasteiger partial charge < -0.3 is 11.1 Å². The van der Waals surface area contributed by atoms with Crippen LogP contribution in [0.4, 0.5) is 10.1 Å². The molecule has 1 atom stereocenters. The Morgan fingerprint density at radius 3 is 2.54 bits per heavy atom. The van der Waals surface area contributed by atoms with Gasteiger partial charge in [0.05, 0.1) is 10.7 Å². The molecule has 1 aromatic rings. The molecule has 0 spiro atoms. The van der Waals surface area contributed by atoms with Crippen molar-refractivity contribution < 1.29 is 17.6 Å². The lowest BCUT2D eigenvalue weighted by molar-refractivity contribution is -0.114. The van der Waals surface area contributed by atoms with Crippen LogP contribution in [0.15, 0.2) is 17.0 Å². The molecule has 1 amide bonds. The summed E-state index contributed by atoms with van der Waals surface area (Å²) < 4.78 is 41.1. The average molecular weight is 402 g/mol. The highest BCUT2D eigenvalue weighted by molar-refractivity contribution is 7.89. The van der Waals surface area contributed by atoms with Crippen molar-refractivity contribution in [2.45, 2.75) is 44.0 Å². The van der Waals surface area contributed by atoms with Crippen LogP contribution >= 0.6 is 24.0 Å². The molecule has 0 saturated carbocycles. The first-order valence-corrected chi connectivity index (χ1v) is 9.06. The van der Waals surface area contributed by atoms with Crippen LogP contribution in [0.5, 0.6) is 0 Å². The second kappa shape index (κ2) is 10.1. The Labute approximate surface area is 152 Å². The van der Waals surface area contributed by atoms with Crippen molar-refractivity contribution in [2.24, 2.45) is 5.73 Å². The summed E-state index contributed by atoms with van der Waals surface area (Å²) >= 11 is 5.91. The molecule has 6 nitrogen and oxygen atoms in total. The topological polar surface area (TPSA) is 101 Å². The van der Waals surface area contributed by atoms with Gasteiger partial charge >= 0.3 is 0 Å². The van der Waals surface area contributed by atoms with Crippen LogP contribution in [0.2, 0.25) is 5.02 Å². The van der Waals surface area contributed by atoms with E-state index in [1.807, 2.05) is 6.92 Å². The molecule has 0 aliphatic heterocycles. The Kier molecular flexibility index (Phi) is 9.76. The maximum absolute atomic E-state index is 14.1. The molecule has 0 saturated heterocycles. The minimum Gasteiger partial charge on any atom is -0.329 e. The highest BCUT2D eigenvalue weighted by Gasteiger charge is 2.24. The molecule has 0 aliphatic carbocycles. The number of rotatable bonds is 8. The van der Waals surface area contributed by atoms with Gasteiger partial charge in [0, 0.05) is 25.6 Å². The van der Waals surface area contributed by atoms with E-state index in [1.54, 1.807) is 0 Å². The van der Waals surface area contributed by atoms with E-state index in [0.717, 1.165) is 25.0 Å². The fourth-order valence-corrected chi connectivity index (χ4v) is 3.62. The molecular formula is C14H22Cl2FN3O3S. The first kappa shape index (κ1) is 23.1. The predicted octanol–water partition coefficient (Wildman–Crippen LogP) is 2.66. The number of halogens is 3. The average Bonchev–Trinajstić information content (AvgIpc) is 2.46. The van der Waals surface area contributed by atoms with E-state index in [0.29, 0.717) is 6.42 Å². The number of nitrogens with two attached hydrogens (primary N) is 1. The Balaban J connectivity index is 0.00000529. The van der Waals surface area contributed by atoms with E-state index in [9.17, 15) is 17.6 Å². The Hall–Kier alpha value is -0.930. The van der Waals surface area contributed by atoms with Crippen LogP contribution in [0.3, 0.4) is 0 Å². The zero-order valence-electron chi connectivity index (χ0n) is 13.4. The molecule has 1 aromatic carbocycles. The lowest BCUT2D eigenvalue weighted by Gasteiger charge is -2.17. The summed E-state index contributed by atoms with van der Waals surface area (Å²) in [5.41, 5.74) is 5.56. The highest BCUT2D eigenvalue weighted by atomic mass is 35.5. The Morgan fingerprint density at radius 1 is 1.42 bits per heavy atom. The maximum Gasteiger partial charge on any atom is 0.243 e. The van der Waals surface area contributed by atoms with Crippen LogP contribution < -0.4 is 15.8 Å². The second-order valence-corrected chi connectivity index (χ2v) is 7.23. The summed E-state index contributed by atoms with van der Waals surface area (Å²) in [5.74, 6) is -1.44. The molecule has 0 radical (unpaired) electrons. The third-order valence-electron chi connectivity index (χ3n) is 3.13. The first-order valence-electron chi connectivity index (χ1n) is 7.20. The largest absolute Gasteiger partial charge is 0.329 e.